The zero-order valence-corrected chi connectivity index (χ0v) is 12.5. The van der Waals surface area contributed by atoms with Gasteiger partial charge in [0, 0.05) is 17.2 Å². The van der Waals surface area contributed by atoms with E-state index in [-0.39, 0.29) is 11.5 Å². The summed E-state index contributed by atoms with van der Waals surface area (Å²) in [6.45, 7) is 10.9. The summed E-state index contributed by atoms with van der Waals surface area (Å²) in [5.74, 6) is 0.590. The van der Waals surface area contributed by atoms with Gasteiger partial charge < -0.3 is 5.11 Å². The number of rotatable bonds is 5. The SMILES string of the molecule is CCC(C)CC(O)Cc1nc(C(C)(C)C)cs1. The summed E-state index contributed by atoms with van der Waals surface area (Å²) in [6.07, 6.45) is 2.46. The summed E-state index contributed by atoms with van der Waals surface area (Å²) in [7, 11) is 0. The first-order chi connectivity index (χ1) is 7.82. The van der Waals surface area contributed by atoms with Crippen molar-refractivity contribution < 1.29 is 5.11 Å². The van der Waals surface area contributed by atoms with Crippen molar-refractivity contribution in [1.29, 1.82) is 0 Å². The van der Waals surface area contributed by atoms with E-state index < -0.39 is 0 Å². The van der Waals surface area contributed by atoms with Gasteiger partial charge in [-0.15, -0.1) is 11.3 Å². The predicted molar refractivity (Wildman–Crippen MR) is 74.6 cm³/mol. The van der Waals surface area contributed by atoms with Crippen LogP contribution in [0.1, 0.15) is 58.2 Å². The molecule has 0 aliphatic rings. The quantitative estimate of drug-likeness (QED) is 0.868. The van der Waals surface area contributed by atoms with Crippen LogP contribution in [0.4, 0.5) is 0 Å². The van der Waals surface area contributed by atoms with E-state index in [0.29, 0.717) is 12.3 Å². The molecule has 0 aliphatic carbocycles. The van der Waals surface area contributed by atoms with E-state index in [1.165, 1.54) is 0 Å². The van der Waals surface area contributed by atoms with Gasteiger partial charge in [0.15, 0.2) is 0 Å². The third kappa shape index (κ3) is 4.76. The lowest BCUT2D eigenvalue weighted by atomic mass is 9.93. The molecule has 1 rings (SSSR count). The van der Waals surface area contributed by atoms with Crippen LogP contribution in [0.2, 0.25) is 0 Å². The molecule has 1 aromatic heterocycles. The summed E-state index contributed by atoms with van der Waals surface area (Å²) in [5.41, 5.74) is 1.24. The Labute approximate surface area is 109 Å². The van der Waals surface area contributed by atoms with Gasteiger partial charge in [-0.2, -0.15) is 0 Å². The minimum Gasteiger partial charge on any atom is -0.393 e. The Morgan fingerprint density at radius 3 is 2.53 bits per heavy atom. The fraction of sp³-hybridized carbons (Fsp3) is 0.786. The molecule has 2 atom stereocenters. The largest absolute Gasteiger partial charge is 0.393 e. The minimum absolute atomic E-state index is 0.108. The van der Waals surface area contributed by atoms with Gasteiger partial charge in [0.05, 0.1) is 16.8 Å². The molecule has 0 saturated heterocycles. The molecule has 0 spiro atoms. The number of thiazole rings is 1. The maximum absolute atomic E-state index is 9.98. The molecule has 0 aliphatic heterocycles. The van der Waals surface area contributed by atoms with E-state index >= 15 is 0 Å². The Bertz CT molecular complexity index is 340. The summed E-state index contributed by atoms with van der Waals surface area (Å²) in [4.78, 5) is 4.61. The zero-order valence-electron chi connectivity index (χ0n) is 11.7. The summed E-state index contributed by atoms with van der Waals surface area (Å²) >= 11 is 1.67. The van der Waals surface area contributed by atoms with Crippen molar-refractivity contribution in [3.63, 3.8) is 0 Å². The normalized spacial score (nSPS) is 15.9. The van der Waals surface area contributed by atoms with Crippen LogP contribution >= 0.6 is 11.3 Å². The second-order valence-corrected chi connectivity index (χ2v) is 6.93. The maximum Gasteiger partial charge on any atom is 0.0954 e. The molecular weight excluding hydrogens is 230 g/mol. The van der Waals surface area contributed by atoms with E-state index in [4.69, 9.17) is 0 Å². The molecule has 0 aromatic carbocycles. The van der Waals surface area contributed by atoms with Crippen molar-refractivity contribution >= 4 is 11.3 Å². The van der Waals surface area contributed by atoms with Crippen LogP contribution in [0.3, 0.4) is 0 Å². The van der Waals surface area contributed by atoms with Crippen LogP contribution in [0.25, 0.3) is 0 Å². The van der Waals surface area contributed by atoms with Crippen LogP contribution in [0.15, 0.2) is 5.38 Å². The molecular formula is C14H25NOS. The average Bonchev–Trinajstić information content (AvgIpc) is 2.65. The molecule has 0 bridgehead atoms. The molecule has 1 heterocycles. The predicted octanol–water partition coefficient (Wildman–Crippen LogP) is 3.78. The van der Waals surface area contributed by atoms with Crippen molar-refractivity contribution in [2.75, 3.05) is 0 Å². The Hall–Kier alpha value is -0.410. The van der Waals surface area contributed by atoms with Crippen molar-refractivity contribution in [3.05, 3.63) is 16.1 Å². The monoisotopic (exact) mass is 255 g/mol. The van der Waals surface area contributed by atoms with Crippen molar-refractivity contribution in [1.82, 2.24) is 4.98 Å². The fourth-order valence-electron chi connectivity index (χ4n) is 1.67. The van der Waals surface area contributed by atoms with Gasteiger partial charge in [0.25, 0.3) is 0 Å². The number of hydrogen-bond donors (Lipinski definition) is 1. The third-order valence-electron chi connectivity index (χ3n) is 3.10. The molecule has 2 unspecified atom stereocenters. The van der Waals surface area contributed by atoms with Gasteiger partial charge in [-0.1, -0.05) is 41.0 Å². The number of aliphatic hydroxyl groups is 1. The molecule has 1 N–H and O–H groups in total. The maximum atomic E-state index is 9.98. The number of hydrogen-bond acceptors (Lipinski definition) is 3. The van der Waals surface area contributed by atoms with Crippen molar-refractivity contribution in [2.45, 2.75) is 65.4 Å². The first-order valence-corrected chi connectivity index (χ1v) is 7.33. The number of aliphatic hydroxyl groups excluding tert-OH is 1. The van der Waals surface area contributed by atoms with Crippen molar-refractivity contribution in [3.8, 4) is 0 Å². The lowest BCUT2D eigenvalue weighted by Crippen LogP contribution is -2.15. The van der Waals surface area contributed by atoms with Crippen LogP contribution in [-0.2, 0) is 11.8 Å². The highest BCUT2D eigenvalue weighted by Crippen LogP contribution is 2.25. The van der Waals surface area contributed by atoms with Crippen molar-refractivity contribution in [2.24, 2.45) is 5.92 Å². The molecule has 0 fully saturated rings. The van der Waals surface area contributed by atoms with E-state index in [0.717, 1.165) is 23.5 Å². The Morgan fingerprint density at radius 1 is 1.41 bits per heavy atom. The van der Waals surface area contributed by atoms with Gasteiger partial charge >= 0.3 is 0 Å². The Balaban J connectivity index is 2.55. The standard InChI is InChI=1S/C14H25NOS/c1-6-10(2)7-11(16)8-13-15-12(9-17-13)14(3,4)5/h9-11,16H,6-8H2,1-5H3. The smallest absolute Gasteiger partial charge is 0.0954 e. The minimum atomic E-state index is -0.246. The topological polar surface area (TPSA) is 33.1 Å². The fourth-order valence-corrected chi connectivity index (χ4v) is 2.76. The lowest BCUT2D eigenvalue weighted by Gasteiger charge is -2.15. The van der Waals surface area contributed by atoms with E-state index in [1.807, 2.05) is 0 Å². The molecule has 2 nitrogen and oxygen atoms in total. The van der Waals surface area contributed by atoms with E-state index in [2.05, 4.69) is 45.0 Å². The second kappa shape index (κ2) is 5.96. The Morgan fingerprint density at radius 2 is 2.06 bits per heavy atom. The summed E-state index contributed by atoms with van der Waals surface area (Å²) in [6, 6.07) is 0. The molecule has 0 radical (unpaired) electrons. The molecule has 3 heteroatoms. The van der Waals surface area contributed by atoms with Gasteiger partial charge in [-0.05, 0) is 12.3 Å². The number of aromatic nitrogens is 1. The van der Waals surface area contributed by atoms with Crippen LogP contribution in [0.5, 0.6) is 0 Å². The van der Waals surface area contributed by atoms with Crippen LogP contribution in [-0.4, -0.2) is 16.2 Å². The second-order valence-electron chi connectivity index (χ2n) is 5.98. The van der Waals surface area contributed by atoms with Gasteiger partial charge in [-0.3, -0.25) is 0 Å². The van der Waals surface area contributed by atoms with Crippen LogP contribution < -0.4 is 0 Å². The highest BCUT2D eigenvalue weighted by molar-refractivity contribution is 7.09. The molecule has 98 valence electrons. The third-order valence-corrected chi connectivity index (χ3v) is 3.97. The van der Waals surface area contributed by atoms with E-state index in [9.17, 15) is 5.11 Å². The highest BCUT2D eigenvalue weighted by atomic mass is 32.1. The molecule has 1 aromatic rings. The van der Waals surface area contributed by atoms with Crippen LogP contribution in [0, 0.1) is 5.92 Å². The summed E-state index contributed by atoms with van der Waals surface area (Å²) < 4.78 is 0. The Kier molecular flexibility index (Phi) is 5.14. The average molecular weight is 255 g/mol. The van der Waals surface area contributed by atoms with Gasteiger partial charge in [0.2, 0.25) is 0 Å². The first-order valence-electron chi connectivity index (χ1n) is 6.45. The molecule has 0 amide bonds. The zero-order chi connectivity index (χ0) is 13.1. The molecule has 0 saturated carbocycles. The van der Waals surface area contributed by atoms with Gasteiger partial charge in [-0.25, -0.2) is 4.98 Å². The molecule has 17 heavy (non-hydrogen) atoms. The highest BCUT2D eigenvalue weighted by Gasteiger charge is 2.18. The number of nitrogens with zero attached hydrogens (tertiary/aromatic N) is 1. The first kappa shape index (κ1) is 14.7. The summed E-state index contributed by atoms with van der Waals surface area (Å²) in [5, 5.41) is 13.2. The van der Waals surface area contributed by atoms with Gasteiger partial charge in [0.1, 0.15) is 0 Å². The van der Waals surface area contributed by atoms with E-state index in [1.54, 1.807) is 11.3 Å². The lowest BCUT2D eigenvalue weighted by molar-refractivity contribution is 0.144.